The van der Waals surface area contributed by atoms with Crippen molar-refractivity contribution in [3.05, 3.63) is 0 Å². The van der Waals surface area contributed by atoms with E-state index in [9.17, 15) is 0 Å². The van der Waals surface area contributed by atoms with Gasteiger partial charge in [-0.3, -0.25) is 4.67 Å². The summed E-state index contributed by atoms with van der Waals surface area (Å²) in [6.07, 6.45) is 5.79. The van der Waals surface area contributed by atoms with Gasteiger partial charge in [-0.15, -0.1) is 22.8 Å². The Hall–Kier alpha value is 1.09. The lowest BCUT2D eigenvalue weighted by molar-refractivity contribution is 0.377. The maximum Gasteiger partial charge on any atom is 0.0875 e. The summed E-state index contributed by atoms with van der Waals surface area (Å²) in [4.78, 5) is 0. The molecule has 1 nitrogen and oxygen atoms in total. The van der Waals surface area contributed by atoms with E-state index in [1.165, 1.54) is 50.3 Å². The summed E-state index contributed by atoms with van der Waals surface area (Å²) in [5, 5.41) is 0. The first-order chi connectivity index (χ1) is 5.97. The second-order valence-corrected chi connectivity index (χ2v) is 9.96. The van der Waals surface area contributed by atoms with Crippen LogP contribution >= 0.6 is 29.2 Å². The molecule has 4 heteroatoms. The van der Waals surface area contributed by atoms with Crippen LogP contribution in [0, 0.1) is 0 Å². The standard InChI is InChI=1S/C8H16NPS2/c1-2-5-9(6-3-1)10-11-7-4-8-12-10/h1-8H2. The second-order valence-electron chi connectivity index (χ2n) is 3.27. The quantitative estimate of drug-likeness (QED) is 0.623. The molecule has 2 heterocycles. The van der Waals surface area contributed by atoms with Crippen molar-refractivity contribution >= 4 is 29.2 Å². The average molecular weight is 221 g/mol. The van der Waals surface area contributed by atoms with Crippen LogP contribution in [0.25, 0.3) is 0 Å². The molecule has 0 spiro atoms. The summed E-state index contributed by atoms with van der Waals surface area (Å²) in [6.45, 7) is 2.94. The number of rotatable bonds is 1. The predicted molar refractivity (Wildman–Crippen MR) is 61.9 cm³/mol. The lowest BCUT2D eigenvalue weighted by Crippen LogP contribution is -2.24. The topological polar surface area (TPSA) is 3.24 Å². The molecule has 0 N–H and O–H groups in total. The summed E-state index contributed by atoms with van der Waals surface area (Å²) in [7, 11) is 0. The SMILES string of the molecule is C1CCN(P2SCCCS2)CC1. The molecule has 0 saturated carbocycles. The Morgan fingerprint density at radius 2 is 1.50 bits per heavy atom. The largest absolute Gasteiger partial charge is 0.265 e. The van der Waals surface area contributed by atoms with E-state index in [0.717, 1.165) is 0 Å². The first-order valence-electron chi connectivity index (χ1n) is 4.77. The molecule has 2 fully saturated rings. The highest BCUT2D eigenvalue weighted by atomic mass is 33.1. The molecule has 70 valence electrons. The molecule has 0 aromatic rings. The fraction of sp³-hybridized carbons (Fsp3) is 1.00. The maximum atomic E-state index is 2.74. The summed E-state index contributed by atoms with van der Waals surface area (Å²) in [5.74, 6) is 2.82. The molecule has 2 rings (SSSR count). The van der Waals surface area contributed by atoms with Gasteiger partial charge in [-0.25, -0.2) is 0 Å². The Kier molecular flexibility index (Phi) is 4.09. The Morgan fingerprint density at radius 3 is 2.17 bits per heavy atom. The molecule has 0 unspecified atom stereocenters. The zero-order valence-corrected chi connectivity index (χ0v) is 9.90. The summed E-state index contributed by atoms with van der Waals surface area (Å²) < 4.78 is 2.74. The van der Waals surface area contributed by atoms with Gasteiger partial charge in [-0.05, 0) is 19.3 Å². The normalized spacial score (nSPS) is 29.0. The van der Waals surface area contributed by atoms with Crippen molar-refractivity contribution < 1.29 is 0 Å². The van der Waals surface area contributed by atoms with Gasteiger partial charge in [0.05, 0.1) is 6.48 Å². The fourth-order valence-electron chi connectivity index (χ4n) is 1.59. The van der Waals surface area contributed by atoms with Gasteiger partial charge in [-0.1, -0.05) is 6.42 Å². The van der Waals surface area contributed by atoms with E-state index < -0.39 is 0 Å². The maximum absolute atomic E-state index is 2.74. The molecule has 12 heavy (non-hydrogen) atoms. The van der Waals surface area contributed by atoms with E-state index in [4.69, 9.17) is 0 Å². The highest BCUT2D eigenvalue weighted by Gasteiger charge is 2.23. The van der Waals surface area contributed by atoms with E-state index in [-0.39, 0.29) is 6.48 Å². The smallest absolute Gasteiger partial charge is 0.0875 e. The molecule has 0 bridgehead atoms. The number of hydrogen-bond acceptors (Lipinski definition) is 3. The first-order valence-corrected chi connectivity index (χ1v) is 9.25. The van der Waals surface area contributed by atoms with Crippen molar-refractivity contribution in [2.45, 2.75) is 25.7 Å². The van der Waals surface area contributed by atoms with E-state index in [1.54, 1.807) is 0 Å². The third-order valence-electron chi connectivity index (χ3n) is 2.26. The van der Waals surface area contributed by atoms with Crippen LogP contribution in [-0.2, 0) is 0 Å². The zero-order chi connectivity index (χ0) is 8.23. The number of piperidine rings is 1. The van der Waals surface area contributed by atoms with E-state index in [0.29, 0.717) is 0 Å². The molecular formula is C8H16NPS2. The predicted octanol–water partition coefficient (Wildman–Crippen LogP) is 3.57. The highest BCUT2D eigenvalue weighted by Crippen LogP contribution is 2.66. The zero-order valence-electron chi connectivity index (χ0n) is 7.37. The molecule has 0 aliphatic carbocycles. The van der Waals surface area contributed by atoms with E-state index in [1.807, 2.05) is 0 Å². The van der Waals surface area contributed by atoms with Crippen LogP contribution in [0.3, 0.4) is 0 Å². The van der Waals surface area contributed by atoms with Crippen LogP contribution in [0.4, 0.5) is 0 Å². The van der Waals surface area contributed by atoms with Gasteiger partial charge in [-0.2, -0.15) is 0 Å². The lowest BCUT2D eigenvalue weighted by atomic mass is 10.2. The number of nitrogens with zero attached hydrogens (tertiary/aromatic N) is 1. The van der Waals surface area contributed by atoms with Crippen LogP contribution in [0.5, 0.6) is 0 Å². The van der Waals surface area contributed by atoms with Gasteiger partial charge in [0, 0.05) is 24.6 Å². The van der Waals surface area contributed by atoms with Crippen molar-refractivity contribution in [3.8, 4) is 0 Å². The van der Waals surface area contributed by atoms with Crippen LogP contribution in [0.15, 0.2) is 0 Å². The van der Waals surface area contributed by atoms with Crippen LogP contribution < -0.4 is 0 Å². The van der Waals surface area contributed by atoms with Crippen LogP contribution in [-0.4, -0.2) is 29.3 Å². The molecule has 0 aromatic heterocycles. The average Bonchev–Trinajstić information content (AvgIpc) is 2.21. The summed E-state index contributed by atoms with van der Waals surface area (Å²) in [6, 6.07) is 0. The van der Waals surface area contributed by atoms with Crippen LogP contribution in [0.1, 0.15) is 25.7 Å². The molecule has 2 aliphatic heterocycles. The lowest BCUT2D eigenvalue weighted by Gasteiger charge is -2.34. The Bertz CT molecular complexity index is 117. The first kappa shape index (κ1) is 9.64. The van der Waals surface area contributed by atoms with Crippen LogP contribution in [0.2, 0.25) is 0 Å². The molecule has 0 atom stereocenters. The monoisotopic (exact) mass is 221 g/mol. The second kappa shape index (κ2) is 5.09. The minimum Gasteiger partial charge on any atom is -0.265 e. The summed E-state index contributed by atoms with van der Waals surface area (Å²) >= 11 is 4.45. The van der Waals surface area contributed by atoms with Gasteiger partial charge in [0.2, 0.25) is 0 Å². The molecule has 0 radical (unpaired) electrons. The van der Waals surface area contributed by atoms with Gasteiger partial charge in [0.1, 0.15) is 0 Å². The van der Waals surface area contributed by atoms with Crippen molar-refractivity contribution in [3.63, 3.8) is 0 Å². The molecule has 0 aromatic carbocycles. The molecule has 0 amide bonds. The van der Waals surface area contributed by atoms with Crippen molar-refractivity contribution in [2.24, 2.45) is 0 Å². The van der Waals surface area contributed by atoms with Crippen molar-refractivity contribution in [1.82, 2.24) is 4.67 Å². The highest BCUT2D eigenvalue weighted by molar-refractivity contribution is 8.87. The van der Waals surface area contributed by atoms with Crippen molar-refractivity contribution in [2.75, 3.05) is 24.6 Å². The Labute approximate surface area is 84.3 Å². The minimum absolute atomic E-state index is 0.177. The van der Waals surface area contributed by atoms with Gasteiger partial charge in [0.25, 0.3) is 0 Å². The van der Waals surface area contributed by atoms with Gasteiger partial charge >= 0.3 is 0 Å². The third-order valence-corrected chi connectivity index (χ3v) is 10.2. The fourth-order valence-corrected chi connectivity index (χ4v) is 9.55. The third kappa shape index (κ3) is 2.54. The molecule has 2 saturated heterocycles. The summed E-state index contributed by atoms with van der Waals surface area (Å²) in [5.41, 5.74) is 0. The molecular weight excluding hydrogens is 205 g/mol. The van der Waals surface area contributed by atoms with Gasteiger partial charge < -0.3 is 0 Å². The van der Waals surface area contributed by atoms with Crippen molar-refractivity contribution in [1.29, 1.82) is 0 Å². The minimum atomic E-state index is 0.177. The van der Waals surface area contributed by atoms with E-state index >= 15 is 0 Å². The Balaban J connectivity index is 1.80. The Morgan fingerprint density at radius 1 is 0.833 bits per heavy atom. The number of hydrogen-bond donors (Lipinski definition) is 0. The molecule has 2 aliphatic rings. The van der Waals surface area contributed by atoms with E-state index in [2.05, 4.69) is 27.4 Å². The van der Waals surface area contributed by atoms with Gasteiger partial charge in [0.15, 0.2) is 0 Å².